The van der Waals surface area contributed by atoms with Gasteiger partial charge in [-0.05, 0) is 32.1 Å². The third-order valence-electron chi connectivity index (χ3n) is 3.47. The number of hydrogen-bond donors (Lipinski definition) is 2. The third kappa shape index (κ3) is 4.96. The summed E-state index contributed by atoms with van der Waals surface area (Å²) in [7, 11) is 3.60. The van der Waals surface area contributed by atoms with Crippen molar-refractivity contribution in [3.63, 3.8) is 0 Å². The van der Waals surface area contributed by atoms with E-state index in [1.807, 2.05) is 6.92 Å². The van der Waals surface area contributed by atoms with Crippen LogP contribution in [-0.2, 0) is 11.3 Å². The summed E-state index contributed by atoms with van der Waals surface area (Å²) in [6.07, 6.45) is 5.24. The summed E-state index contributed by atoms with van der Waals surface area (Å²) >= 11 is 6.19. The highest BCUT2D eigenvalue weighted by Crippen LogP contribution is 2.18. The van der Waals surface area contributed by atoms with E-state index < -0.39 is 5.97 Å². The van der Waals surface area contributed by atoms with Crippen LogP contribution in [0.4, 0.5) is 0 Å². The lowest BCUT2D eigenvalue weighted by Gasteiger charge is -2.19. The Kier molecular flexibility index (Phi) is 6.03. The first kappa shape index (κ1) is 18.8. The number of aryl methyl sites for hydroxylation is 1. The predicted octanol–water partition coefficient (Wildman–Crippen LogP) is 2.40. The molecule has 2 rings (SSSR count). The van der Waals surface area contributed by atoms with Gasteiger partial charge in [0, 0.05) is 42.3 Å². The molecule has 0 aliphatic carbocycles. The molecule has 134 valence electrons. The van der Waals surface area contributed by atoms with Crippen LogP contribution < -0.4 is 5.32 Å². The van der Waals surface area contributed by atoms with E-state index in [0.29, 0.717) is 24.0 Å². The highest BCUT2D eigenvalue weighted by atomic mass is 35.5. The molecule has 0 unspecified atom stereocenters. The average Bonchev–Trinajstić information content (AvgIpc) is 2.88. The number of amidine groups is 1. The lowest BCUT2D eigenvalue weighted by Crippen LogP contribution is -2.24. The molecule has 0 saturated carbocycles. The quantitative estimate of drug-likeness (QED) is 0.477. The van der Waals surface area contributed by atoms with Crippen molar-refractivity contribution in [3.8, 4) is 0 Å². The predicted molar refractivity (Wildman–Crippen MR) is 97.6 cm³/mol. The maximum absolute atomic E-state index is 11.8. The molecule has 7 nitrogen and oxygen atoms in total. The molecule has 0 fully saturated rings. The van der Waals surface area contributed by atoms with Crippen LogP contribution in [0.1, 0.15) is 23.1 Å². The normalized spacial score (nSPS) is 15.3. The van der Waals surface area contributed by atoms with Gasteiger partial charge in [0.05, 0.1) is 13.2 Å². The van der Waals surface area contributed by atoms with Crippen molar-refractivity contribution in [1.82, 2.24) is 20.0 Å². The average molecular weight is 364 g/mol. The van der Waals surface area contributed by atoms with Gasteiger partial charge in [0.15, 0.2) is 5.69 Å². The van der Waals surface area contributed by atoms with Crippen LogP contribution in [0.5, 0.6) is 0 Å². The van der Waals surface area contributed by atoms with E-state index in [2.05, 4.69) is 10.4 Å². The van der Waals surface area contributed by atoms with Gasteiger partial charge in [-0.2, -0.15) is 5.10 Å². The molecule has 0 saturated heterocycles. The fraction of sp³-hybridized carbons (Fsp3) is 0.353. The Morgan fingerprint density at radius 2 is 2.20 bits per heavy atom. The first-order valence-electron chi connectivity index (χ1n) is 7.84. The molecule has 8 heteroatoms. The maximum atomic E-state index is 11.8. The first-order chi connectivity index (χ1) is 11.8. The highest BCUT2D eigenvalue weighted by Gasteiger charge is 2.15. The molecule has 2 heterocycles. The monoisotopic (exact) mass is 363 g/mol. The number of carbonyl (C=O) groups excluding carboxylic acids is 1. The van der Waals surface area contributed by atoms with Gasteiger partial charge in [-0.1, -0.05) is 11.6 Å². The van der Waals surface area contributed by atoms with Crippen LogP contribution in [0.2, 0.25) is 0 Å². The van der Waals surface area contributed by atoms with Crippen molar-refractivity contribution in [3.05, 3.63) is 52.1 Å². The van der Waals surface area contributed by atoms with Crippen LogP contribution in [0, 0.1) is 12.3 Å². The molecule has 1 aliphatic heterocycles. The number of aromatic nitrogens is 2. The Morgan fingerprint density at radius 3 is 2.84 bits per heavy atom. The van der Waals surface area contributed by atoms with Gasteiger partial charge in [0.2, 0.25) is 0 Å². The number of rotatable bonds is 5. The number of esters is 1. The minimum atomic E-state index is -0.437. The van der Waals surface area contributed by atoms with E-state index in [4.69, 9.17) is 21.7 Å². The molecular formula is C17H22ClN5O2. The fourth-order valence-electron chi connectivity index (χ4n) is 2.19. The van der Waals surface area contributed by atoms with Crippen LogP contribution >= 0.6 is 11.6 Å². The second kappa shape index (κ2) is 8.02. The molecule has 1 aliphatic rings. The summed E-state index contributed by atoms with van der Waals surface area (Å²) in [5, 5.41) is 16.0. The van der Waals surface area contributed by atoms with E-state index in [-0.39, 0.29) is 5.69 Å². The molecule has 0 aromatic carbocycles. The van der Waals surface area contributed by atoms with Crippen LogP contribution in [0.3, 0.4) is 0 Å². The molecule has 0 atom stereocenters. The Hall–Kier alpha value is -2.54. The van der Waals surface area contributed by atoms with Crippen LogP contribution in [0.25, 0.3) is 0 Å². The van der Waals surface area contributed by atoms with E-state index in [1.54, 1.807) is 54.9 Å². The van der Waals surface area contributed by atoms with Crippen molar-refractivity contribution >= 4 is 23.4 Å². The highest BCUT2D eigenvalue weighted by molar-refractivity contribution is 6.31. The first-order valence-corrected chi connectivity index (χ1v) is 8.22. The van der Waals surface area contributed by atoms with E-state index in [0.717, 1.165) is 17.1 Å². The standard InChI is InChI=1S/C17H22ClN5O2/c1-5-25-17(24)15-6-11(2)23(21-15)10-14-8-12(18)7-13(20-14)9-16(19)22(3)4/h6-9,19-20H,5,10H2,1-4H3/b13-9-,19-16?. The molecule has 1 aromatic heterocycles. The number of nitrogens with one attached hydrogen (secondary N) is 2. The number of dihydropyridines is 1. The van der Waals surface area contributed by atoms with Crippen molar-refractivity contribution in [2.45, 2.75) is 20.4 Å². The van der Waals surface area contributed by atoms with Gasteiger partial charge in [-0.15, -0.1) is 0 Å². The smallest absolute Gasteiger partial charge is 0.358 e. The topological polar surface area (TPSA) is 83.2 Å². The lowest BCUT2D eigenvalue weighted by molar-refractivity contribution is 0.0518. The van der Waals surface area contributed by atoms with E-state index in [9.17, 15) is 4.79 Å². The second-order valence-electron chi connectivity index (χ2n) is 5.75. The summed E-state index contributed by atoms with van der Waals surface area (Å²) in [5.74, 6) is -0.0859. The number of halogens is 1. The van der Waals surface area contributed by atoms with E-state index in [1.165, 1.54) is 0 Å². The van der Waals surface area contributed by atoms with E-state index >= 15 is 0 Å². The van der Waals surface area contributed by atoms with Gasteiger partial charge < -0.3 is 15.0 Å². The van der Waals surface area contributed by atoms with Crippen molar-refractivity contribution in [1.29, 1.82) is 5.41 Å². The second-order valence-corrected chi connectivity index (χ2v) is 6.19. The summed E-state index contributed by atoms with van der Waals surface area (Å²) in [4.78, 5) is 13.5. The minimum Gasteiger partial charge on any atom is -0.461 e. The summed E-state index contributed by atoms with van der Waals surface area (Å²) in [6, 6.07) is 1.69. The Bertz CT molecular complexity index is 774. The van der Waals surface area contributed by atoms with Gasteiger partial charge in [0.1, 0.15) is 5.84 Å². The Labute approximate surface area is 152 Å². The van der Waals surface area contributed by atoms with Gasteiger partial charge in [-0.3, -0.25) is 10.1 Å². The molecule has 1 aromatic rings. The van der Waals surface area contributed by atoms with Gasteiger partial charge in [0.25, 0.3) is 0 Å². The molecular weight excluding hydrogens is 342 g/mol. The Morgan fingerprint density at radius 1 is 1.48 bits per heavy atom. The number of likely N-dealkylation sites (N-methyl/N-ethyl adjacent to an activating group) is 1. The zero-order valence-electron chi connectivity index (χ0n) is 14.8. The molecule has 0 amide bonds. The fourth-order valence-corrected chi connectivity index (χ4v) is 2.44. The molecule has 0 spiro atoms. The number of carbonyl (C=O) groups is 1. The van der Waals surface area contributed by atoms with Gasteiger partial charge >= 0.3 is 5.97 Å². The lowest BCUT2D eigenvalue weighted by atomic mass is 10.2. The number of nitrogens with zero attached hydrogens (tertiary/aromatic N) is 3. The molecule has 2 N–H and O–H groups in total. The Balaban J connectivity index is 2.17. The molecule has 0 bridgehead atoms. The minimum absolute atomic E-state index is 0.280. The summed E-state index contributed by atoms with van der Waals surface area (Å²) in [5.41, 5.74) is 2.65. The molecule has 25 heavy (non-hydrogen) atoms. The SMILES string of the molecule is CCOC(=O)c1cc(C)n(CC2=CC(Cl)=C/C(=C/C(=N)N(C)C)N2)n1. The van der Waals surface area contributed by atoms with Crippen LogP contribution in [0.15, 0.2) is 40.7 Å². The third-order valence-corrected chi connectivity index (χ3v) is 3.69. The zero-order chi connectivity index (χ0) is 18.6. The summed E-state index contributed by atoms with van der Waals surface area (Å²) in [6.45, 7) is 4.35. The zero-order valence-corrected chi connectivity index (χ0v) is 15.5. The summed E-state index contributed by atoms with van der Waals surface area (Å²) < 4.78 is 6.68. The molecule has 0 radical (unpaired) electrons. The largest absolute Gasteiger partial charge is 0.461 e. The number of ether oxygens (including phenoxy) is 1. The van der Waals surface area contributed by atoms with Crippen molar-refractivity contribution in [2.24, 2.45) is 0 Å². The number of allylic oxidation sites excluding steroid dienone is 4. The van der Waals surface area contributed by atoms with Gasteiger partial charge in [-0.25, -0.2) is 4.79 Å². The van der Waals surface area contributed by atoms with Crippen molar-refractivity contribution in [2.75, 3.05) is 20.7 Å². The maximum Gasteiger partial charge on any atom is 0.358 e. The van der Waals surface area contributed by atoms with Crippen LogP contribution in [-0.4, -0.2) is 47.2 Å². The van der Waals surface area contributed by atoms with Crippen molar-refractivity contribution < 1.29 is 9.53 Å². The number of hydrogen-bond acceptors (Lipinski definition) is 5.